The van der Waals surface area contributed by atoms with E-state index in [0.717, 1.165) is 5.56 Å². The summed E-state index contributed by atoms with van der Waals surface area (Å²) in [6.45, 7) is 4.13. The second-order valence-electron chi connectivity index (χ2n) is 6.30. The number of aromatic nitrogens is 2. The molecule has 0 spiro atoms. The molecule has 4 nitrogen and oxygen atoms in total. The van der Waals surface area contributed by atoms with E-state index < -0.39 is 0 Å². The van der Waals surface area contributed by atoms with Gasteiger partial charge < -0.3 is 4.90 Å². The van der Waals surface area contributed by atoms with Crippen molar-refractivity contribution in [3.8, 4) is 11.3 Å². The lowest BCUT2D eigenvalue weighted by molar-refractivity contribution is 0.108. The number of nitrogens with zero attached hydrogens (tertiary/aromatic N) is 3. The maximum atomic E-state index is 13.3. The third kappa shape index (κ3) is 3.55. The van der Waals surface area contributed by atoms with Crippen LogP contribution in [-0.2, 0) is 0 Å². The summed E-state index contributed by atoms with van der Waals surface area (Å²) in [6, 6.07) is 11.8. The number of thioether (sulfide) groups is 1. The van der Waals surface area contributed by atoms with Crippen molar-refractivity contribution in [1.82, 2.24) is 9.97 Å². The third-order valence-electron chi connectivity index (χ3n) is 4.29. The normalized spacial score (nSPS) is 11.2. The predicted molar refractivity (Wildman–Crippen MR) is 106 cm³/mol. The second kappa shape index (κ2) is 7.41. The van der Waals surface area contributed by atoms with E-state index in [-0.39, 0.29) is 17.0 Å². The minimum Gasteiger partial charge on any atom is -0.355 e. The van der Waals surface area contributed by atoms with E-state index in [0.29, 0.717) is 28.1 Å². The number of anilines is 1. The van der Waals surface area contributed by atoms with Crippen LogP contribution in [0.1, 0.15) is 24.2 Å². The Hall–Kier alpha value is -2.47. The van der Waals surface area contributed by atoms with Gasteiger partial charge in [0.15, 0.2) is 5.82 Å². The molecule has 0 unspecified atom stereocenters. The lowest BCUT2D eigenvalue weighted by Gasteiger charge is -2.25. The number of rotatable bonds is 4. The average Bonchev–Trinajstić information content (AvgIpc) is 2.65. The molecule has 0 saturated heterocycles. The molecular weight excluding hydrogens is 349 g/mol. The first-order chi connectivity index (χ1) is 12.4. The number of benzene rings is 2. The van der Waals surface area contributed by atoms with Crippen molar-refractivity contribution < 1.29 is 9.18 Å². The number of hydrogen-bond acceptors (Lipinski definition) is 5. The van der Waals surface area contributed by atoms with Gasteiger partial charge in [-0.1, -0.05) is 11.8 Å². The Labute approximate surface area is 156 Å². The van der Waals surface area contributed by atoms with Gasteiger partial charge in [-0.25, -0.2) is 14.4 Å². The van der Waals surface area contributed by atoms with Gasteiger partial charge in [0.25, 0.3) is 0 Å². The molecule has 0 saturated carbocycles. The third-order valence-corrected chi connectivity index (χ3v) is 4.90. The summed E-state index contributed by atoms with van der Waals surface area (Å²) in [6.07, 6.45) is 1.76. The van der Waals surface area contributed by atoms with Gasteiger partial charge in [-0.05, 0) is 62.6 Å². The van der Waals surface area contributed by atoms with Gasteiger partial charge in [-0.3, -0.25) is 4.79 Å². The van der Waals surface area contributed by atoms with Crippen LogP contribution in [0.5, 0.6) is 0 Å². The topological polar surface area (TPSA) is 46.1 Å². The van der Waals surface area contributed by atoms with Gasteiger partial charge in [0.2, 0.25) is 5.12 Å². The highest BCUT2D eigenvalue weighted by molar-refractivity contribution is 8.13. The minimum absolute atomic E-state index is 0.00456. The quantitative estimate of drug-likeness (QED) is 0.662. The Morgan fingerprint density at radius 1 is 1.08 bits per heavy atom. The van der Waals surface area contributed by atoms with Crippen molar-refractivity contribution >= 4 is 33.7 Å². The van der Waals surface area contributed by atoms with E-state index >= 15 is 0 Å². The summed E-state index contributed by atoms with van der Waals surface area (Å²) < 4.78 is 13.3. The largest absolute Gasteiger partial charge is 0.355 e. The molecule has 134 valence electrons. The van der Waals surface area contributed by atoms with Crippen LogP contribution in [-0.4, -0.2) is 34.4 Å². The fourth-order valence-electron chi connectivity index (χ4n) is 2.58. The Kier molecular flexibility index (Phi) is 5.23. The SMILES string of the molecule is CSC(=O)c1ccc2nc(-c3ccc(F)cc3)c(N(C)C(C)C)nc2c1. The smallest absolute Gasteiger partial charge is 0.219 e. The van der Waals surface area contributed by atoms with E-state index in [1.807, 2.05) is 11.9 Å². The van der Waals surface area contributed by atoms with Crippen molar-refractivity contribution in [2.45, 2.75) is 19.9 Å². The first-order valence-electron chi connectivity index (χ1n) is 8.29. The van der Waals surface area contributed by atoms with Gasteiger partial charge in [0, 0.05) is 24.2 Å². The molecule has 3 rings (SSSR count). The van der Waals surface area contributed by atoms with Crippen LogP contribution >= 0.6 is 11.8 Å². The Bertz CT molecular complexity index is 957. The van der Waals surface area contributed by atoms with Crippen LogP contribution < -0.4 is 4.90 Å². The van der Waals surface area contributed by atoms with Crippen molar-refractivity contribution in [1.29, 1.82) is 0 Å². The molecule has 1 aromatic heterocycles. The summed E-state index contributed by atoms with van der Waals surface area (Å²) in [7, 11) is 1.95. The van der Waals surface area contributed by atoms with Crippen LogP contribution in [0.4, 0.5) is 10.2 Å². The summed E-state index contributed by atoms with van der Waals surface area (Å²) in [5, 5.41) is -0.00456. The van der Waals surface area contributed by atoms with Crippen LogP contribution in [0.25, 0.3) is 22.3 Å². The molecule has 0 atom stereocenters. The number of hydrogen-bond donors (Lipinski definition) is 0. The molecule has 0 aliphatic carbocycles. The maximum Gasteiger partial charge on any atom is 0.219 e. The summed E-state index contributed by atoms with van der Waals surface area (Å²) in [4.78, 5) is 23.5. The molecular formula is C20H20FN3OS. The summed E-state index contributed by atoms with van der Waals surface area (Å²) in [5.41, 5.74) is 3.46. The van der Waals surface area contributed by atoms with Gasteiger partial charge in [-0.2, -0.15) is 0 Å². The van der Waals surface area contributed by atoms with Crippen LogP contribution in [0, 0.1) is 5.82 Å². The lowest BCUT2D eigenvalue weighted by Crippen LogP contribution is -2.27. The van der Waals surface area contributed by atoms with E-state index in [4.69, 9.17) is 9.97 Å². The highest BCUT2D eigenvalue weighted by atomic mass is 32.2. The first kappa shape index (κ1) is 18.3. The Balaban J connectivity index is 2.23. The monoisotopic (exact) mass is 369 g/mol. The van der Waals surface area contributed by atoms with Gasteiger partial charge in [0.1, 0.15) is 11.5 Å². The Morgan fingerprint density at radius 2 is 1.77 bits per heavy atom. The van der Waals surface area contributed by atoms with E-state index in [2.05, 4.69) is 13.8 Å². The molecule has 3 aromatic rings. The molecule has 0 aliphatic heterocycles. The fourth-order valence-corrected chi connectivity index (χ4v) is 2.94. The fraction of sp³-hybridized carbons (Fsp3) is 0.250. The second-order valence-corrected chi connectivity index (χ2v) is 7.08. The molecule has 2 aromatic carbocycles. The molecule has 0 aliphatic rings. The zero-order valence-electron chi connectivity index (χ0n) is 15.2. The van der Waals surface area contributed by atoms with Crippen molar-refractivity contribution in [3.05, 3.63) is 53.8 Å². The molecule has 0 N–H and O–H groups in total. The van der Waals surface area contributed by atoms with Crippen LogP contribution in [0.15, 0.2) is 42.5 Å². The maximum absolute atomic E-state index is 13.3. The Morgan fingerprint density at radius 3 is 2.38 bits per heavy atom. The standard InChI is InChI=1S/C20H20FN3OS/c1-12(2)24(3)19-18(13-5-8-15(21)9-6-13)22-16-10-7-14(20(25)26-4)11-17(16)23-19/h5-12H,1-4H3. The van der Waals surface area contributed by atoms with Crippen molar-refractivity contribution in [2.24, 2.45) is 0 Å². The predicted octanol–water partition coefficient (Wildman–Crippen LogP) is 4.78. The lowest BCUT2D eigenvalue weighted by atomic mass is 10.1. The van der Waals surface area contributed by atoms with Crippen molar-refractivity contribution in [3.63, 3.8) is 0 Å². The molecule has 0 bridgehead atoms. The molecule has 0 amide bonds. The number of halogens is 1. The highest BCUT2D eigenvalue weighted by Gasteiger charge is 2.17. The molecule has 1 heterocycles. The van der Waals surface area contributed by atoms with E-state index in [1.54, 1.807) is 36.6 Å². The summed E-state index contributed by atoms with van der Waals surface area (Å²) >= 11 is 1.17. The first-order valence-corrected chi connectivity index (χ1v) is 9.52. The zero-order valence-corrected chi connectivity index (χ0v) is 16.0. The van der Waals surface area contributed by atoms with Gasteiger partial charge in [0.05, 0.1) is 11.0 Å². The van der Waals surface area contributed by atoms with Crippen LogP contribution in [0.3, 0.4) is 0 Å². The van der Waals surface area contributed by atoms with Crippen LogP contribution in [0.2, 0.25) is 0 Å². The molecule has 0 fully saturated rings. The van der Waals surface area contributed by atoms with E-state index in [9.17, 15) is 9.18 Å². The summed E-state index contributed by atoms with van der Waals surface area (Å²) in [5.74, 6) is 0.411. The number of fused-ring (bicyclic) bond motifs is 1. The highest BCUT2D eigenvalue weighted by Crippen LogP contribution is 2.30. The van der Waals surface area contributed by atoms with Gasteiger partial charge in [-0.15, -0.1) is 0 Å². The molecule has 0 radical (unpaired) electrons. The van der Waals surface area contributed by atoms with E-state index in [1.165, 1.54) is 23.9 Å². The number of carbonyl (C=O) groups is 1. The van der Waals surface area contributed by atoms with Gasteiger partial charge >= 0.3 is 0 Å². The average molecular weight is 369 g/mol. The minimum atomic E-state index is -0.290. The van der Waals surface area contributed by atoms with Crippen molar-refractivity contribution in [2.75, 3.05) is 18.2 Å². The number of carbonyl (C=O) groups excluding carboxylic acids is 1. The molecule has 6 heteroatoms. The molecule has 26 heavy (non-hydrogen) atoms. The zero-order chi connectivity index (χ0) is 18.8.